The molecule has 1 aromatic carbocycles. The minimum atomic E-state index is -4.01. The smallest absolute Gasteiger partial charge is 0.224 e. The van der Waals surface area contributed by atoms with Crippen molar-refractivity contribution >= 4 is 33.0 Å². The van der Waals surface area contributed by atoms with Gasteiger partial charge in [0.2, 0.25) is 9.84 Å². The van der Waals surface area contributed by atoms with Crippen LogP contribution in [0.4, 0.5) is 0 Å². The summed E-state index contributed by atoms with van der Waals surface area (Å²) in [7, 11) is -4.01. The highest BCUT2D eigenvalue weighted by atomic mass is 35.5. The van der Waals surface area contributed by atoms with Gasteiger partial charge in [-0.05, 0) is 42.7 Å². The molecular formula is C20H21Cl2N3O3S. The minimum Gasteiger partial charge on any atom is -0.388 e. The third kappa shape index (κ3) is 4.33. The second-order valence-electron chi connectivity index (χ2n) is 6.97. The van der Waals surface area contributed by atoms with Crippen LogP contribution in [0.2, 0.25) is 10.0 Å². The molecule has 0 fully saturated rings. The Kier molecular flexibility index (Phi) is 6.33. The van der Waals surface area contributed by atoms with Gasteiger partial charge in [0, 0.05) is 21.9 Å². The van der Waals surface area contributed by atoms with Crippen molar-refractivity contribution in [2.24, 2.45) is 0 Å². The Balaban J connectivity index is 2.28. The first-order valence-corrected chi connectivity index (χ1v) is 11.2. The van der Waals surface area contributed by atoms with E-state index in [1.807, 2.05) is 26.8 Å². The summed E-state index contributed by atoms with van der Waals surface area (Å²) < 4.78 is 28.8. The van der Waals surface area contributed by atoms with Gasteiger partial charge in [0.05, 0.1) is 17.1 Å². The molecule has 0 aliphatic carbocycles. The van der Waals surface area contributed by atoms with E-state index < -0.39 is 16.4 Å². The maximum Gasteiger partial charge on any atom is 0.224 e. The van der Waals surface area contributed by atoms with Gasteiger partial charge < -0.3 is 9.67 Å². The van der Waals surface area contributed by atoms with Gasteiger partial charge in [-0.15, -0.1) is 0 Å². The van der Waals surface area contributed by atoms with E-state index in [4.69, 9.17) is 23.2 Å². The highest BCUT2D eigenvalue weighted by Gasteiger charge is 2.31. The van der Waals surface area contributed by atoms with Crippen LogP contribution in [0.1, 0.15) is 42.5 Å². The number of halogens is 2. The van der Waals surface area contributed by atoms with Crippen LogP contribution in [0.15, 0.2) is 46.5 Å². The summed E-state index contributed by atoms with van der Waals surface area (Å²) in [6, 6.07) is 7.84. The van der Waals surface area contributed by atoms with E-state index >= 15 is 0 Å². The minimum absolute atomic E-state index is 0.0227. The average molecular weight is 454 g/mol. The van der Waals surface area contributed by atoms with Crippen molar-refractivity contribution in [1.82, 2.24) is 14.5 Å². The monoisotopic (exact) mass is 453 g/mol. The Labute approximate surface area is 180 Å². The SMILES string of the molecule is Cc1ncccc1Cn1c(CO)nc(C(C)C)c1S(=O)(=O)c1cc(Cl)cc(Cl)c1. The van der Waals surface area contributed by atoms with Crippen LogP contribution in [0, 0.1) is 6.92 Å². The maximum absolute atomic E-state index is 13.6. The number of rotatable bonds is 6. The highest BCUT2D eigenvalue weighted by molar-refractivity contribution is 7.91. The normalized spacial score (nSPS) is 12.0. The van der Waals surface area contributed by atoms with Crippen LogP contribution in [0.3, 0.4) is 0 Å². The number of imidazole rings is 1. The van der Waals surface area contributed by atoms with Gasteiger partial charge in [-0.1, -0.05) is 43.1 Å². The van der Waals surface area contributed by atoms with Gasteiger partial charge in [-0.2, -0.15) is 0 Å². The molecule has 6 nitrogen and oxygen atoms in total. The number of nitrogens with zero attached hydrogens (tertiary/aromatic N) is 3. The first-order chi connectivity index (χ1) is 13.6. The summed E-state index contributed by atoms with van der Waals surface area (Å²) in [6.45, 7) is 5.36. The largest absolute Gasteiger partial charge is 0.388 e. The van der Waals surface area contributed by atoms with Gasteiger partial charge in [0.25, 0.3) is 0 Å². The van der Waals surface area contributed by atoms with Crippen LogP contribution in [0.5, 0.6) is 0 Å². The summed E-state index contributed by atoms with van der Waals surface area (Å²) in [5.41, 5.74) is 1.98. The maximum atomic E-state index is 13.6. The van der Waals surface area contributed by atoms with Crippen LogP contribution < -0.4 is 0 Å². The van der Waals surface area contributed by atoms with Crippen molar-refractivity contribution < 1.29 is 13.5 Å². The molecule has 0 unspecified atom stereocenters. The zero-order valence-corrected chi connectivity index (χ0v) is 18.6. The molecular weight excluding hydrogens is 433 g/mol. The molecule has 0 radical (unpaired) electrons. The number of pyridine rings is 1. The Morgan fingerprint density at radius 2 is 1.83 bits per heavy atom. The lowest BCUT2D eigenvalue weighted by Crippen LogP contribution is -2.16. The third-order valence-electron chi connectivity index (χ3n) is 4.56. The average Bonchev–Trinajstić information content (AvgIpc) is 3.02. The molecule has 29 heavy (non-hydrogen) atoms. The number of aryl methyl sites for hydroxylation is 1. The predicted octanol–water partition coefficient (Wildman–Crippen LogP) is 4.39. The van der Waals surface area contributed by atoms with E-state index in [-0.39, 0.29) is 38.3 Å². The summed E-state index contributed by atoms with van der Waals surface area (Å²) in [4.78, 5) is 8.68. The second-order valence-corrected chi connectivity index (χ2v) is 9.71. The fourth-order valence-corrected chi connectivity index (χ4v) is 5.56. The van der Waals surface area contributed by atoms with Gasteiger partial charge in [0.15, 0.2) is 5.03 Å². The lowest BCUT2D eigenvalue weighted by atomic mass is 10.1. The van der Waals surface area contributed by atoms with E-state index in [0.717, 1.165) is 11.3 Å². The molecule has 0 aliphatic rings. The van der Waals surface area contributed by atoms with Crippen molar-refractivity contribution in [2.75, 3.05) is 0 Å². The number of aromatic nitrogens is 3. The predicted molar refractivity (Wildman–Crippen MR) is 112 cm³/mol. The number of hydrogen-bond acceptors (Lipinski definition) is 5. The van der Waals surface area contributed by atoms with Gasteiger partial charge in [0.1, 0.15) is 12.4 Å². The molecule has 0 atom stereocenters. The van der Waals surface area contributed by atoms with E-state index in [9.17, 15) is 13.5 Å². The molecule has 9 heteroatoms. The van der Waals surface area contributed by atoms with E-state index in [1.54, 1.807) is 12.3 Å². The quantitative estimate of drug-likeness (QED) is 0.597. The molecule has 0 amide bonds. The summed E-state index contributed by atoms with van der Waals surface area (Å²) in [5.74, 6) is 0.0830. The van der Waals surface area contributed by atoms with Crippen molar-refractivity contribution in [3.63, 3.8) is 0 Å². The number of hydrogen-bond donors (Lipinski definition) is 1. The van der Waals surface area contributed by atoms with Gasteiger partial charge in [-0.25, -0.2) is 13.4 Å². The van der Waals surface area contributed by atoms with Crippen LogP contribution in [0.25, 0.3) is 0 Å². The summed E-state index contributed by atoms with van der Waals surface area (Å²) >= 11 is 12.1. The van der Waals surface area contributed by atoms with Crippen LogP contribution in [-0.4, -0.2) is 28.1 Å². The fourth-order valence-electron chi connectivity index (χ4n) is 3.10. The summed E-state index contributed by atoms with van der Waals surface area (Å²) in [6.07, 6.45) is 1.67. The molecule has 154 valence electrons. The zero-order chi connectivity index (χ0) is 21.3. The van der Waals surface area contributed by atoms with Gasteiger partial charge >= 0.3 is 0 Å². The molecule has 0 saturated carbocycles. The van der Waals surface area contributed by atoms with E-state index in [1.165, 1.54) is 22.8 Å². The molecule has 0 bridgehead atoms. The lowest BCUT2D eigenvalue weighted by Gasteiger charge is -2.15. The molecule has 1 N–H and O–H groups in total. The molecule has 0 spiro atoms. The van der Waals surface area contributed by atoms with Gasteiger partial charge in [-0.3, -0.25) is 4.98 Å². The fraction of sp³-hybridized carbons (Fsp3) is 0.300. The Morgan fingerprint density at radius 3 is 2.38 bits per heavy atom. The first kappa shape index (κ1) is 21.8. The van der Waals surface area contributed by atoms with Crippen molar-refractivity contribution in [1.29, 1.82) is 0 Å². The third-order valence-corrected chi connectivity index (χ3v) is 6.79. The standard InChI is InChI=1S/C20H21Cl2N3O3S/c1-12(2)19-20(29(27,28)17-8-15(21)7-16(22)9-17)25(18(11-26)24-19)10-14-5-4-6-23-13(14)3/h4-9,12,26H,10-11H2,1-3H3. The Hall–Kier alpha value is -1.93. The molecule has 2 heterocycles. The van der Waals surface area contributed by atoms with Crippen molar-refractivity contribution in [3.8, 4) is 0 Å². The molecule has 0 saturated heterocycles. The van der Waals surface area contributed by atoms with Crippen molar-refractivity contribution in [2.45, 2.75) is 49.8 Å². The molecule has 2 aromatic heterocycles. The zero-order valence-electron chi connectivity index (χ0n) is 16.2. The number of benzene rings is 1. The van der Waals surface area contributed by atoms with Crippen LogP contribution >= 0.6 is 23.2 Å². The lowest BCUT2D eigenvalue weighted by molar-refractivity contribution is 0.264. The van der Waals surface area contributed by atoms with E-state index in [0.29, 0.717) is 5.69 Å². The number of sulfone groups is 1. The van der Waals surface area contributed by atoms with E-state index in [2.05, 4.69) is 9.97 Å². The molecule has 3 rings (SSSR count). The van der Waals surface area contributed by atoms with Crippen molar-refractivity contribution in [3.05, 3.63) is 69.3 Å². The second kappa shape index (κ2) is 8.44. The molecule has 0 aliphatic heterocycles. The Bertz CT molecular complexity index is 1140. The van der Waals surface area contributed by atoms with Crippen LogP contribution in [-0.2, 0) is 23.0 Å². The first-order valence-electron chi connectivity index (χ1n) is 8.97. The highest BCUT2D eigenvalue weighted by Crippen LogP contribution is 2.33. The topological polar surface area (TPSA) is 85.1 Å². The number of aliphatic hydroxyl groups is 1. The molecule has 3 aromatic rings. The number of aliphatic hydroxyl groups excluding tert-OH is 1. The summed E-state index contributed by atoms with van der Waals surface area (Å²) in [5, 5.41) is 10.3. The Morgan fingerprint density at radius 1 is 1.17 bits per heavy atom.